The van der Waals surface area contributed by atoms with E-state index in [-0.39, 0.29) is 5.97 Å². The fourth-order valence-corrected chi connectivity index (χ4v) is 2.90. The highest BCUT2D eigenvalue weighted by Crippen LogP contribution is 2.28. The first-order valence-corrected chi connectivity index (χ1v) is 9.78. The molecule has 1 amide bonds. The van der Waals surface area contributed by atoms with Gasteiger partial charge in [-0.25, -0.2) is 4.79 Å². The Labute approximate surface area is 170 Å². The third kappa shape index (κ3) is 8.65. The number of carboxylic acid groups (broad SMARTS) is 1. The Morgan fingerprint density at radius 2 is 1.50 bits per heavy atom. The van der Waals surface area contributed by atoms with Gasteiger partial charge in [-0.3, -0.25) is 14.5 Å². The third-order valence-electron chi connectivity index (χ3n) is 3.11. The van der Waals surface area contributed by atoms with Gasteiger partial charge in [0.1, 0.15) is 23.0 Å². The fourth-order valence-electron chi connectivity index (χ4n) is 2.06. The highest BCUT2D eigenvalue weighted by atomic mass is 32.2. The number of hydrogen-bond donors (Lipinski definition) is 1. The molecule has 0 spiro atoms. The molecule has 0 saturated carbocycles. The third-order valence-corrected chi connectivity index (χ3v) is 4.20. The van der Waals surface area contributed by atoms with Crippen LogP contribution in [0.1, 0.15) is 48.5 Å². The summed E-state index contributed by atoms with van der Waals surface area (Å²) in [6, 6.07) is 6.69. The van der Waals surface area contributed by atoms with Crippen molar-refractivity contribution in [2.45, 2.75) is 69.8 Å². The van der Waals surface area contributed by atoms with Gasteiger partial charge in [0.2, 0.25) is 0 Å². The number of carbonyl (C=O) groups excluding carboxylic acids is 2. The zero-order chi connectivity index (χ0) is 21.7. The molecule has 0 fully saturated rings. The van der Waals surface area contributed by atoms with Crippen molar-refractivity contribution in [2.24, 2.45) is 0 Å². The van der Waals surface area contributed by atoms with Crippen molar-refractivity contribution in [2.75, 3.05) is 11.4 Å². The van der Waals surface area contributed by atoms with Crippen LogP contribution < -0.4 is 4.90 Å². The fraction of sp³-hybridized carbons (Fsp3) is 0.550. The average molecular weight is 412 g/mol. The van der Waals surface area contributed by atoms with Crippen LogP contribution in [0.4, 0.5) is 10.5 Å². The van der Waals surface area contributed by atoms with Crippen LogP contribution in [0.2, 0.25) is 0 Å². The Hall–Kier alpha value is -2.22. The van der Waals surface area contributed by atoms with Crippen molar-refractivity contribution < 1.29 is 29.0 Å². The molecule has 7 nitrogen and oxygen atoms in total. The van der Waals surface area contributed by atoms with Crippen LogP contribution in [0.15, 0.2) is 29.2 Å². The molecule has 8 heteroatoms. The van der Waals surface area contributed by atoms with Crippen LogP contribution in [-0.2, 0) is 19.1 Å². The molecule has 156 valence electrons. The van der Waals surface area contributed by atoms with E-state index in [2.05, 4.69) is 0 Å². The second kappa shape index (κ2) is 9.32. The van der Waals surface area contributed by atoms with Gasteiger partial charge in [-0.05, 0) is 72.7 Å². The van der Waals surface area contributed by atoms with Crippen molar-refractivity contribution in [1.82, 2.24) is 0 Å². The van der Waals surface area contributed by atoms with Crippen molar-refractivity contribution in [3.8, 4) is 0 Å². The maximum atomic E-state index is 12.4. The second-order valence-corrected chi connectivity index (χ2v) is 9.66. The first-order valence-electron chi connectivity index (χ1n) is 8.90. The number of rotatable bonds is 6. The van der Waals surface area contributed by atoms with E-state index >= 15 is 0 Å². The summed E-state index contributed by atoms with van der Waals surface area (Å²) in [7, 11) is 0. The molecule has 1 aromatic carbocycles. The summed E-state index contributed by atoms with van der Waals surface area (Å²) in [5.41, 5.74) is -0.904. The SMILES string of the molecule is CC(Sc1ccc(N(CC(=O)O)C(=O)OC(C)(C)C)cc1)C(=O)OC(C)(C)C. The molecule has 0 aromatic heterocycles. The Bertz CT molecular complexity index is 703. The summed E-state index contributed by atoms with van der Waals surface area (Å²) in [6.07, 6.45) is -0.738. The number of amides is 1. The first-order chi connectivity index (χ1) is 12.7. The number of carboxylic acids is 1. The van der Waals surface area contributed by atoms with Crippen LogP contribution in [-0.4, -0.2) is 46.1 Å². The highest BCUT2D eigenvalue weighted by Gasteiger charge is 2.26. The quantitative estimate of drug-likeness (QED) is 0.550. The molecule has 1 N–H and O–H groups in total. The van der Waals surface area contributed by atoms with Crippen LogP contribution in [0.5, 0.6) is 0 Å². The second-order valence-electron chi connectivity index (χ2n) is 8.25. The van der Waals surface area contributed by atoms with Gasteiger partial charge in [-0.15, -0.1) is 11.8 Å². The van der Waals surface area contributed by atoms with Gasteiger partial charge < -0.3 is 14.6 Å². The molecule has 0 radical (unpaired) electrons. The molecular weight excluding hydrogens is 382 g/mol. The summed E-state index contributed by atoms with van der Waals surface area (Å²) in [5, 5.41) is 8.70. The predicted molar refractivity (Wildman–Crippen MR) is 109 cm³/mol. The molecule has 1 rings (SSSR count). The van der Waals surface area contributed by atoms with E-state index in [0.29, 0.717) is 5.69 Å². The Morgan fingerprint density at radius 3 is 1.93 bits per heavy atom. The normalized spacial score (nSPS) is 12.8. The first kappa shape index (κ1) is 23.8. The molecule has 0 aliphatic heterocycles. The largest absolute Gasteiger partial charge is 0.480 e. The molecule has 0 aliphatic carbocycles. The molecule has 0 aliphatic rings. The van der Waals surface area contributed by atoms with Crippen molar-refractivity contribution in [3.05, 3.63) is 24.3 Å². The number of ether oxygens (including phenoxy) is 2. The summed E-state index contributed by atoms with van der Waals surface area (Å²) in [4.78, 5) is 37.5. The monoisotopic (exact) mass is 411 g/mol. The van der Waals surface area contributed by atoms with E-state index in [1.807, 2.05) is 20.8 Å². The van der Waals surface area contributed by atoms with E-state index in [4.69, 9.17) is 14.6 Å². The van der Waals surface area contributed by atoms with Gasteiger partial charge in [0.25, 0.3) is 0 Å². The summed E-state index contributed by atoms with van der Waals surface area (Å²) in [6.45, 7) is 11.8. The van der Waals surface area contributed by atoms with Crippen molar-refractivity contribution in [1.29, 1.82) is 0 Å². The van der Waals surface area contributed by atoms with Crippen LogP contribution >= 0.6 is 11.8 Å². The van der Waals surface area contributed by atoms with Gasteiger partial charge >= 0.3 is 18.0 Å². The number of aliphatic carboxylic acids is 1. The lowest BCUT2D eigenvalue weighted by atomic mass is 10.2. The highest BCUT2D eigenvalue weighted by molar-refractivity contribution is 8.00. The predicted octanol–water partition coefficient (Wildman–Crippen LogP) is 4.34. The lowest BCUT2D eigenvalue weighted by Gasteiger charge is -2.26. The van der Waals surface area contributed by atoms with E-state index in [1.165, 1.54) is 11.8 Å². The van der Waals surface area contributed by atoms with Gasteiger partial charge in [0, 0.05) is 10.6 Å². The van der Waals surface area contributed by atoms with E-state index in [0.717, 1.165) is 9.80 Å². The number of hydrogen-bond acceptors (Lipinski definition) is 6. The summed E-state index contributed by atoms with van der Waals surface area (Å²) >= 11 is 1.32. The smallest absolute Gasteiger partial charge is 0.415 e. The number of thioether (sulfide) groups is 1. The molecule has 0 heterocycles. The number of anilines is 1. The molecular formula is C20H29NO6S. The summed E-state index contributed by atoms with van der Waals surface area (Å²) in [5.74, 6) is -1.47. The number of nitrogens with zero attached hydrogens (tertiary/aromatic N) is 1. The maximum absolute atomic E-state index is 12.4. The summed E-state index contributed by atoms with van der Waals surface area (Å²) < 4.78 is 10.6. The van der Waals surface area contributed by atoms with E-state index < -0.39 is 35.1 Å². The van der Waals surface area contributed by atoms with Gasteiger partial charge in [-0.1, -0.05) is 0 Å². The molecule has 0 saturated heterocycles. The lowest BCUT2D eigenvalue weighted by molar-refractivity contribution is -0.153. The zero-order valence-electron chi connectivity index (χ0n) is 17.4. The minimum Gasteiger partial charge on any atom is -0.480 e. The van der Waals surface area contributed by atoms with Crippen LogP contribution in [0, 0.1) is 0 Å². The van der Waals surface area contributed by atoms with Crippen LogP contribution in [0.25, 0.3) is 0 Å². The Morgan fingerprint density at radius 1 is 1.00 bits per heavy atom. The van der Waals surface area contributed by atoms with E-state index in [9.17, 15) is 14.4 Å². The van der Waals surface area contributed by atoms with Crippen molar-refractivity contribution >= 4 is 35.5 Å². The number of esters is 1. The van der Waals surface area contributed by atoms with Gasteiger partial charge in [0.15, 0.2) is 0 Å². The Kier molecular flexibility index (Phi) is 7.93. The standard InChI is InChI=1S/C20H29NO6S/c1-13(17(24)26-19(2,3)4)28-15-10-8-14(9-11-15)21(12-16(22)23)18(25)27-20(5,6)7/h8-11,13H,12H2,1-7H3,(H,22,23). The molecule has 0 bridgehead atoms. The molecule has 1 aromatic rings. The van der Waals surface area contributed by atoms with Crippen LogP contribution in [0.3, 0.4) is 0 Å². The maximum Gasteiger partial charge on any atom is 0.415 e. The Balaban J connectivity index is 2.90. The number of carbonyl (C=O) groups is 3. The van der Waals surface area contributed by atoms with Crippen molar-refractivity contribution in [3.63, 3.8) is 0 Å². The average Bonchev–Trinajstić information content (AvgIpc) is 2.50. The molecule has 28 heavy (non-hydrogen) atoms. The molecule has 1 atom stereocenters. The zero-order valence-corrected chi connectivity index (χ0v) is 18.3. The molecule has 1 unspecified atom stereocenters. The number of benzene rings is 1. The van der Waals surface area contributed by atoms with Gasteiger partial charge in [0.05, 0.1) is 0 Å². The minimum absolute atomic E-state index is 0.317. The lowest BCUT2D eigenvalue weighted by Crippen LogP contribution is -2.40. The van der Waals surface area contributed by atoms with Gasteiger partial charge in [-0.2, -0.15) is 0 Å². The van der Waals surface area contributed by atoms with E-state index in [1.54, 1.807) is 52.0 Å². The topological polar surface area (TPSA) is 93.1 Å². The minimum atomic E-state index is -1.15.